The molecule has 0 aliphatic rings. The van der Waals surface area contributed by atoms with E-state index in [0.29, 0.717) is 17.9 Å². The highest BCUT2D eigenvalue weighted by molar-refractivity contribution is 6.02. The van der Waals surface area contributed by atoms with Crippen molar-refractivity contribution in [3.63, 3.8) is 0 Å². The van der Waals surface area contributed by atoms with Crippen molar-refractivity contribution in [1.29, 1.82) is 0 Å². The van der Waals surface area contributed by atoms with Gasteiger partial charge in [0, 0.05) is 5.56 Å². The Morgan fingerprint density at radius 3 is 2.33 bits per heavy atom. The molecule has 2 aromatic carbocycles. The van der Waals surface area contributed by atoms with Gasteiger partial charge in [-0.1, -0.05) is 12.1 Å². The first-order chi connectivity index (χ1) is 14.4. The second-order valence-electron chi connectivity index (χ2n) is 5.89. The van der Waals surface area contributed by atoms with Crippen LogP contribution in [0.25, 0.3) is 0 Å². The number of carbonyl (C=O) groups is 4. The van der Waals surface area contributed by atoms with Crippen LogP contribution < -0.4 is 15.4 Å². The Morgan fingerprint density at radius 1 is 0.967 bits per heavy atom. The molecule has 0 unspecified atom stereocenters. The average molecular weight is 414 g/mol. The number of rotatable bonds is 9. The number of methoxy groups -OCH3 is 1. The summed E-state index contributed by atoms with van der Waals surface area (Å²) >= 11 is 0. The van der Waals surface area contributed by atoms with Crippen LogP contribution in [0.2, 0.25) is 0 Å². The van der Waals surface area contributed by atoms with Crippen LogP contribution in [-0.2, 0) is 19.1 Å². The van der Waals surface area contributed by atoms with E-state index in [0.717, 1.165) is 0 Å². The third-order valence-corrected chi connectivity index (χ3v) is 3.79. The fourth-order valence-corrected chi connectivity index (χ4v) is 2.39. The molecule has 2 amide bonds. The molecule has 158 valence electrons. The molecule has 2 rings (SSSR count). The largest absolute Gasteiger partial charge is 0.494 e. The number of hydrogen-bond acceptors (Lipinski definition) is 7. The standard InChI is InChI=1S/C21H22N2O7/c1-3-29-15-10-8-14(9-11-15)20(26)22-12-19(25)30-13-18(24)23-17-7-5-4-6-16(17)21(27)28-2/h4-11H,3,12-13H2,1-2H3,(H,22,26)(H,23,24). The van der Waals surface area contributed by atoms with Crippen LogP contribution in [-0.4, -0.2) is 50.6 Å². The SMILES string of the molecule is CCOc1ccc(C(=O)NCC(=O)OCC(=O)Nc2ccccc2C(=O)OC)cc1. The quantitative estimate of drug-likeness (QED) is 0.600. The monoisotopic (exact) mass is 414 g/mol. The molecule has 2 aromatic rings. The lowest BCUT2D eigenvalue weighted by Gasteiger charge is -2.10. The maximum absolute atomic E-state index is 12.0. The van der Waals surface area contributed by atoms with Gasteiger partial charge in [0.05, 0.1) is 25.0 Å². The van der Waals surface area contributed by atoms with Gasteiger partial charge in [-0.3, -0.25) is 14.4 Å². The first kappa shape index (κ1) is 22.4. The van der Waals surface area contributed by atoms with Gasteiger partial charge in [0.25, 0.3) is 11.8 Å². The number of para-hydroxylation sites is 1. The van der Waals surface area contributed by atoms with E-state index in [1.807, 2.05) is 6.92 Å². The molecule has 0 spiro atoms. The fraction of sp³-hybridized carbons (Fsp3) is 0.238. The summed E-state index contributed by atoms with van der Waals surface area (Å²) < 4.78 is 14.8. The number of anilines is 1. The molecule has 2 N–H and O–H groups in total. The Bertz CT molecular complexity index is 910. The third-order valence-electron chi connectivity index (χ3n) is 3.79. The maximum Gasteiger partial charge on any atom is 0.339 e. The molecule has 0 bridgehead atoms. The van der Waals surface area contributed by atoms with E-state index in [4.69, 9.17) is 9.47 Å². The summed E-state index contributed by atoms with van der Waals surface area (Å²) in [6.07, 6.45) is 0. The lowest BCUT2D eigenvalue weighted by atomic mass is 10.2. The zero-order valence-electron chi connectivity index (χ0n) is 16.6. The molecule has 0 saturated carbocycles. The summed E-state index contributed by atoms with van der Waals surface area (Å²) in [5.74, 6) is -1.87. The normalized spacial score (nSPS) is 9.93. The van der Waals surface area contributed by atoms with E-state index in [9.17, 15) is 19.2 Å². The first-order valence-corrected chi connectivity index (χ1v) is 9.08. The molecule has 30 heavy (non-hydrogen) atoms. The molecule has 0 aliphatic carbocycles. The smallest absolute Gasteiger partial charge is 0.339 e. The molecule has 9 nitrogen and oxygen atoms in total. The Balaban J connectivity index is 1.78. The van der Waals surface area contributed by atoms with Crippen LogP contribution in [0.15, 0.2) is 48.5 Å². The van der Waals surface area contributed by atoms with E-state index in [1.54, 1.807) is 36.4 Å². The zero-order valence-corrected chi connectivity index (χ0v) is 16.6. The molecule has 0 saturated heterocycles. The van der Waals surface area contributed by atoms with Crippen molar-refractivity contribution in [3.05, 3.63) is 59.7 Å². The number of esters is 2. The minimum Gasteiger partial charge on any atom is -0.494 e. The van der Waals surface area contributed by atoms with Crippen molar-refractivity contribution in [2.45, 2.75) is 6.92 Å². The van der Waals surface area contributed by atoms with Crippen LogP contribution >= 0.6 is 0 Å². The summed E-state index contributed by atoms with van der Waals surface area (Å²) in [7, 11) is 1.23. The Kier molecular flexibility index (Phi) is 8.37. The van der Waals surface area contributed by atoms with Crippen LogP contribution in [0.1, 0.15) is 27.6 Å². The lowest BCUT2D eigenvalue weighted by Crippen LogP contribution is -2.32. The molecule has 0 aromatic heterocycles. The number of carbonyl (C=O) groups excluding carboxylic acids is 4. The average Bonchev–Trinajstić information content (AvgIpc) is 2.76. The molecule has 9 heteroatoms. The van der Waals surface area contributed by atoms with Gasteiger partial charge >= 0.3 is 11.9 Å². The van der Waals surface area contributed by atoms with Crippen molar-refractivity contribution < 1.29 is 33.4 Å². The zero-order chi connectivity index (χ0) is 21.9. The number of hydrogen-bond donors (Lipinski definition) is 2. The minimum atomic E-state index is -0.786. The van der Waals surface area contributed by atoms with Gasteiger partial charge in [-0.25, -0.2) is 4.79 Å². The van der Waals surface area contributed by atoms with Crippen LogP contribution in [0.3, 0.4) is 0 Å². The van der Waals surface area contributed by atoms with Gasteiger partial charge in [0.2, 0.25) is 0 Å². The van der Waals surface area contributed by atoms with Crippen molar-refractivity contribution in [3.8, 4) is 5.75 Å². The Hall–Kier alpha value is -3.88. The highest BCUT2D eigenvalue weighted by atomic mass is 16.5. The van der Waals surface area contributed by atoms with Crippen molar-refractivity contribution >= 4 is 29.4 Å². The van der Waals surface area contributed by atoms with Gasteiger partial charge < -0.3 is 24.8 Å². The summed E-state index contributed by atoms with van der Waals surface area (Å²) in [5.41, 5.74) is 0.750. The van der Waals surface area contributed by atoms with Crippen molar-refractivity contribution in [1.82, 2.24) is 5.32 Å². The third kappa shape index (κ3) is 6.62. The van der Waals surface area contributed by atoms with Crippen LogP contribution in [0.4, 0.5) is 5.69 Å². The van der Waals surface area contributed by atoms with E-state index in [1.165, 1.54) is 19.2 Å². The topological polar surface area (TPSA) is 120 Å². The number of nitrogens with one attached hydrogen (secondary N) is 2. The van der Waals surface area contributed by atoms with Gasteiger partial charge in [-0.05, 0) is 43.3 Å². The van der Waals surface area contributed by atoms with Gasteiger partial charge in [-0.2, -0.15) is 0 Å². The summed E-state index contributed by atoms with van der Waals surface area (Å²) in [6.45, 7) is 1.38. The predicted molar refractivity (Wildman–Crippen MR) is 107 cm³/mol. The maximum atomic E-state index is 12.0. The van der Waals surface area contributed by atoms with Gasteiger partial charge in [0.15, 0.2) is 6.61 Å². The number of amides is 2. The fourth-order valence-electron chi connectivity index (χ4n) is 2.39. The number of benzene rings is 2. The van der Waals surface area contributed by atoms with Crippen molar-refractivity contribution in [2.24, 2.45) is 0 Å². The van der Waals surface area contributed by atoms with Gasteiger partial charge in [0.1, 0.15) is 12.3 Å². The molecule has 0 radical (unpaired) electrons. The first-order valence-electron chi connectivity index (χ1n) is 9.08. The Labute approximate surface area is 173 Å². The predicted octanol–water partition coefficient (Wildman–Crippen LogP) is 1.78. The van der Waals surface area contributed by atoms with Gasteiger partial charge in [-0.15, -0.1) is 0 Å². The molecule has 0 atom stereocenters. The van der Waals surface area contributed by atoms with Crippen LogP contribution in [0.5, 0.6) is 5.75 Å². The molecule has 0 fully saturated rings. The molecule has 0 heterocycles. The minimum absolute atomic E-state index is 0.169. The second-order valence-corrected chi connectivity index (χ2v) is 5.89. The summed E-state index contributed by atoms with van der Waals surface area (Å²) in [6, 6.07) is 12.7. The number of ether oxygens (including phenoxy) is 3. The summed E-state index contributed by atoms with van der Waals surface area (Å²) in [5, 5.41) is 4.88. The highest BCUT2D eigenvalue weighted by Gasteiger charge is 2.15. The molecule has 0 aliphatic heterocycles. The van der Waals surface area contributed by atoms with Crippen LogP contribution in [0, 0.1) is 0 Å². The lowest BCUT2D eigenvalue weighted by molar-refractivity contribution is -0.146. The Morgan fingerprint density at radius 2 is 1.67 bits per heavy atom. The summed E-state index contributed by atoms with van der Waals surface area (Å²) in [4.78, 5) is 47.5. The van der Waals surface area contributed by atoms with E-state index in [2.05, 4.69) is 15.4 Å². The highest BCUT2D eigenvalue weighted by Crippen LogP contribution is 2.16. The molecular weight excluding hydrogens is 392 g/mol. The molecular formula is C21H22N2O7. The van der Waals surface area contributed by atoms with Crippen molar-refractivity contribution in [2.75, 3.05) is 32.2 Å². The van der Waals surface area contributed by atoms with E-state index in [-0.39, 0.29) is 11.3 Å². The van der Waals surface area contributed by atoms with E-state index >= 15 is 0 Å². The second kappa shape index (κ2) is 11.2. The van der Waals surface area contributed by atoms with E-state index < -0.39 is 36.9 Å².